The van der Waals surface area contributed by atoms with Crippen LogP contribution in [0.3, 0.4) is 0 Å². The number of nitrogens with one attached hydrogen (secondary N) is 3. The largest absolute Gasteiger partial charge is 0.336 e. The molecule has 0 aliphatic carbocycles. The Bertz CT molecular complexity index is 1770. The molecule has 1 amide bonds. The van der Waals surface area contributed by atoms with Crippen molar-refractivity contribution in [2.24, 2.45) is 0 Å². The zero-order valence-electron chi connectivity index (χ0n) is 20.5. The number of nitrogens with zero attached hydrogens (tertiary/aromatic N) is 5. The number of carbonyl (C=O) groups is 1. The minimum atomic E-state index is -0.310. The van der Waals surface area contributed by atoms with Crippen molar-refractivity contribution in [1.29, 1.82) is 0 Å². The Labute approximate surface area is 216 Å². The molecule has 38 heavy (non-hydrogen) atoms. The second-order valence-corrected chi connectivity index (χ2v) is 8.95. The predicted molar refractivity (Wildman–Crippen MR) is 144 cm³/mol. The van der Waals surface area contributed by atoms with Crippen molar-refractivity contribution in [3.63, 3.8) is 0 Å². The molecule has 0 saturated heterocycles. The van der Waals surface area contributed by atoms with Crippen LogP contribution in [0.4, 0.5) is 10.1 Å². The number of imidazole rings is 1. The van der Waals surface area contributed by atoms with Crippen molar-refractivity contribution >= 4 is 33.5 Å². The molecule has 0 spiro atoms. The number of benzene rings is 1. The van der Waals surface area contributed by atoms with Gasteiger partial charge in [0.05, 0.1) is 40.5 Å². The van der Waals surface area contributed by atoms with Crippen molar-refractivity contribution in [2.45, 2.75) is 26.2 Å². The quantitative estimate of drug-likeness (QED) is 0.248. The molecular weight excluding hydrogens is 483 g/mol. The molecule has 10 heteroatoms. The molecule has 0 fully saturated rings. The van der Waals surface area contributed by atoms with Gasteiger partial charge in [-0.25, -0.2) is 9.37 Å². The van der Waals surface area contributed by atoms with Gasteiger partial charge in [-0.15, -0.1) is 0 Å². The van der Waals surface area contributed by atoms with Crippen LogP contribution in [-0.2, 0) is 4.79 Å². The summed E-state index contributed by atoms with van der Waals surface area (Å²) in [6.07, 6.45) is 8.99. The fourth-order valence-electron chi connectivity index (χ4n) is 4.33. The summed E-state index contributed by atoms with van der Waals surface area (Å²) in [6.45, 7) is 2.05. The highest BCUT2D eigenvalue weighted by Crippen LogP contribution is 2.32. The third kappa shape index (κ3) is 4.47. The van der Waals surface area contributed by atoms with E-state index in [-0.39, 0.29) is 11.7 Å². The van der Waals surface area contributed by atoms with Gasteiger partial charge >= 0.3 is 0 Å². The molecule has 9 nitrogen and oxygen atoms in total. The number of fused-ring (bicyclic) bond motifs is 2. The Morgan fingerprint density at radius 3 is 2.68 bits per heavy atom. The molecule has 6 rings (SSSR count). The van der Waals surface area contributed by atoms with E-state index in [1.165, 1.54) is 12.1 Å². The summed E-state index contributed by atoms with van der Waals surface area (Å²) in [5.74, 6) is 0.219. The molecule has 0 saturated carbocycles. The van der Waals surface area contributed by atoms with Crippen LogP contribution in [-0.4, -0.2) is 41.0 Å². The smallest absolute Gasteiger partial charge is 0.224 e. The van der Waals surface area contributed by atoms with E-state index in [1.807, 2.05) is 25.1 Å². The van der Waals surface area contributed by atoms with E-state index in [4.69, 9.17) is 4.98 Å². The van der Waals surface area contributed by atoms with Crippen LogP contribution < -0.4 is 5.32 Å². The lowest BCUT2D eigenvalue weighted by atomic mass is 10.1. The van der Waals surface area contributed by atoms with Gasteiger partial charge in [0, 0.05) is 35.3 Å². The van der Waals surface area contributed by atoms with Crippen LogP contribution >= 0.6 is 0 Å². The summed E-state index contributed by atoms with van der Waals surface area (Å²) in [6, 6.07) is 11.8. The number of H-pyrrole nitrogens is 2. The summed E-state index contributed by atoms with van der Waals surface area (Å²) in [7, 11) is 0. The van der Waals surface area contributed by atoms with E-state index in [1.54, 1.807) is 36.9 Å². The first-order valence-corrected chi connectivity index (χ1v) is 12.3. The number of aromatic amines is 2. The van der Waals surface area contributed by atoms with Gasteiger partial charge in [-0.1, -0.05) is 13.3 Å². The first-order chi connectivity index (χ1) is 18.6. The Kier molecular flexibility index (Phi) is 6.04. The zero-order chi connectivity index (χ0) is 26.1. The van der Waals surface area contributed by atoms with Crippen LogP contribution in [0.1, 0.15) is 26.2 Å². The lowest BCUT2D eigenvalue weighted by Crippen LogP contribution is -2.11. The molecule has 0 bridgehead atoms. The summed E-state index contributed by atoms with van der Waals surface area (Å²) in [5.41, 5.74) is 6.31. The maximum absolute atomic E-state index is 13.5. The number of amides is 1. The minimum absolute atomic E-state index is 0.0364. The molecule has 5 heterocycles. The summed E-state index contributed by atoms with van der Waals surface area (Å²) < 4.78 is 13.5. The van der Waals surface area contributed by atoms with Gasteiger partial charge in [-0.3, -0.25) is 24.8 Å². The molecule has 188 valence electrons. The van der Waals surface area contributed by atoms with Gasteiger partial charge < -0.3 is 10.3 Å². The number of anilines is 1. The first kappa shape index (κ1) is 23.4. The van der Waals surface area contributed by atoms with Crippen molar-refractivity contribution in [1.82, 2.24) is 35.1 Å². The first-order valence-electron chi connectivity index (χ1n) is 12.3. The highest BCUT2D eigenvalue weighted by Gasteiger charge is 2.17. The van der Waals surface area contributed by atoms with Crippen LogP contribution in [0.2, 0.25) is 0 Å². The van der Waals surface area contributed by atoms with E-state index in [2.05, 4.69) is 35.5 Å². The SMILES string of the molecule is CCCCC(=O)Nc1cncc(-c2cc3c(-c4nc5c(-c6ccc(F)cc6)nccc5[nH]4)n[nH]c3cn2)c1. The average Bonchev–Trinajstić information content (AvgIpc) is 3.56. The molecule has 0 aliphatic heterocycles. The van der Waals surface area contributed by atoms with Gasteiger partial charge in [0.15, 0.2) is 5.82 Å². The Morgan fingerprint density at radius 1 is 0.974 bits per heavy atom. The number of unbranched alkanes of at least 4 members (excludes halogenated alkanes) is 1. The number of pyridine rings is 3. The fraction of sp³-hybridized carbons (Fsp3) is 0.143. The van der Waals surface area contributed by atoms with Crippen molar-refractivity contribution in [2.75, 3.05) is 5.32 Å². The molecule has 0 radical (unpaired) electrons. The Morgan fingerprint density at radius 2 is 1.84 bits per heavy atom. The normalized spacial score (nSPS) is 11.3. The topological polar surface area (TPSA) is 125 Å². The molecule has 0 unspecified atom stereocenters. The molecule has 5 aromatic heterocycles. The number of carbonyl (C=O) groups excluding carboxylic acids is 1. The van der Waals surface area contributed by atoms with Gasteiger partial charge in [-0.05, 0) is 48.9 Å². The van der Waals surface area contributed by atoms with Crippen LogP contribution in [0.25, 0.3) is 56.0 Å². The van der Waals surface area contributed by atoms with Crippen LogP contribution in [0, 0.1) is 5.82 Å². The van der Waals surface area contributed by atoms with Gasteiger partial charge in [0.2, 0.25) is 5.91 Å². The standard InChI is InChI=1S/C28H23FN8O/c1-2-3-4-24(38)33-19-11-17(13-30-14-19)22-12-20-23(15-32-22)36-37-26(20)28-34-21-9-10-31-25(27(21)35-28)16-5-7-18(29)8-6-16/h5-15H,2-4H2,1H3,(H,33,38)(H,34,35)(H,36,37). The highest BCUT2D eigenvalue weighted by molar-refractivity contribution is 5.97. The van der Waals surface area contributed by atoms with Crippen LogP contribution in [0.5, 0.6) is 0 Å². The number of hydrogen-bond acceptors (Lipinski definition) is 6. The van der Waals surface area contributed by atoms with E-state index >= 15 is 0 Å². The zero-order valence-corrected chi connectivity index (χ0v) is 20.5. The van der Waals surface area contributed by atoms with Gasteiger partial charge in [0.25, 0.3) is 0 Å². The fourth-order valence-corrected chi connectivity index (χ4v) is 4.33. The number of rotatable bonds is 7. The molecule has 0 atom stereocenters. The van der Waals surface area contributed by atoms with Crippen molar-refractivity contribution in [3.8, 4) is 34.0 Å². The minimum Gasteiger partial charge on any atom is -0.336 e. The van der Waals surface area contributed by atoms with Gasteiger partial charge in [-0.2, -0.15) is 5.10 Å². The summed E-state index contributed by atoms with van der Waals surface area (Å²) in [4.78, 5) is 33.6. The second-order valence-electron chi connectivity index (χ2n) is 8.95. The maximum atomic E-state index is 13.5. The molecule has 0 aliphatic rings. The summed E-state index contributed by atoms with van der Waals surface area (Å²) >= 11 is 0. The van der Waals surface area contributed by atoms with Crippen molar-refractivity contribution in [3.05, 3.63) is 73.1 Å². The van der Waals surface area contributed by atoms with E-state index in [0.717, 1.165) is 40.4 Å². The van der Waals surface area contributed by atoms with Gasteiger partial charge in [0.1, 0.15) is 17.0 Å². The number of halogens is 1. The third-order valence-corrected chi connectivity index (χ3v) is 6.27. The van der Waals surface area contributed by atoms with Crippen molar-refractivity contribution < 1.29 is 9.18 Å². The molecule has 1 aromatic carbocycles. The van der Waals surface area contributed by atoms with E-state index < -0.39 is 0 Å². The monoisotopic (exact) mass is 506 g/mol. The third-order valence-electron chi connectivity index (χ3n) is 6.27. The Balaban J connectivity index is 1.37. The van der Waals surface area contributed by atoms with Crippen LogP contribution in [0.15, 0.2) is 67.3 Å². The maximum Gasteiger partial charge on any atom is 0.224 e. The van der Waals surface area contributed by atoms with E-state index in [0.29, 0.717) is 40.5 Å². The lowest BCUT2D eigenvalue weighted by molar-refractivity contribution is -0.116. The predicted octanol–water partition coefficient (Wildman–Crippen LogP) is 5.89. The Hall–Kier alpha value is -4.99. The highest BCUT2D eigenvalue weighted by atomic mass is 19.1. The number of aromatic nitrogens is 7. The number of hydrogen-bond donors (Lipinski definition) is 3. The lowest BCUT2D eigenvalue weighted by Gasteiger charge is -2.07. The molecule has 3 N–H and O–H groups in total. The molecular formula is C28H23FN8O. The second kappa shape index (κ2) is 9.81. The molecule has 6 aromatic rings. The van der Waals surface area contributed by atoms with E-state index in [9.17, 15) is 9.18 Å². The summed E-state index contributed by atoms with van der Waals surface area (Å²) in [5, 5.41) is 11.2. The average molecular weight is 507 g/mol.